The molecule has 0 aliphatic heterocycles. The van der Waals surface area contributed by atoms with Crippen LogP contribution in [0.4, 0.5) is 10.2 Å². The standard InChI is InChI=1S/C17H12BrFN2O3/c18-11-1-8-16(20-9-11)21-17(22)15-7-6-14(24-15)10-23-13-4-2-12(19)3-5-13/h1-9H,10H2,(H,20,21,22). The molecule has 0 spiro atoms. The van der Waals surface area contributed by atoms with Crippen LogP contribution in [0.3, 0.4) is 0 Å². The Morgan fingerprint density at radius 1 is 1.17 bits per heavy atom. The van der Waals surface area contributed by atoms with Crippen LogP contribution in [0.15, 0.2) is 63.6 Å². The molecule has 5 nitrogen and oxygen atoms in total. The number of halogens is 2. The SMILES string of the molecule is O=C(Nc1ccc(Br)cn1)c1ccc(COc2ccc(F)cc2)o1. The molecule has 0 fully saturated rings. The van der Waals surface area contributed by atoms with Crippen molar-refractivity contribution in [3.05, 3.63) is 76.5 Å². The van der Waals surface area contributed by atoms with Crippen LogP contribution < -0.4 is 10.1 Å². The van der Waals surface area contributed by atoms with Gasteiger partial charge in [-0.15, -0.1) is 0 Å². The van der Waals surface area contributed by atoms with E-state index >= 15 is 0 Å². The Hall–Kier alpha value is -2.67. The van der Waals surface area contributed by atoms with Gasteiger partial charge in [-0.3, -0.25) is 4.79 Å². The largest absolute Gasteiger partial charge is 0.486 e. The molecule has 0 bridgehead atoms. The number of carbonyl (C=O) groups excluding carboxylic acids is 1. The molecule has 24 heavy (non-hydrogen) atoms. The van der Waals surface area contributed by atoms with Crippen LogP contribution >= 0.6 is 15.9 Å². The lowest BCUT2D eigenvalue weighted by molar-refractivity contribution is 0.0992. The average Bonchev–Trinajstić information content (AvgIpc) is 3.06. The number of nitrogens with one attached hydrogen (secondary N) is 1. The highest BCUT2D eigenvalue weighted by Crippen LogP contribution is 2.16. The summed E-state index contributed by atoms with van der Waals surface area (Å²) in [6.45, 7) is 0.134. The Kier molecular flexibility index (Phi) is 4.90. The fourth-order valence-corrected chi connectivity index (χ4v) is 2.13. The summed E-state index contributed by atoms with van der Waals surface area (Å²) in [5, 5.41) is 2.63. The third-order valence-corrected chi connectivity index (χ3v) is 3.52. The molecule has 122 valence electrons. The minimum Gasteiger partial charge on any atom is -0.486 e. The van der Waals surface area contributed by atoms with E-state index in [4.69, 9.17) is 9.15 Å². The first kappa shape index (κ1) is 16.2. The number of hydrogen-bond donors (Lipinski definition) is 1. The van der Waals surface area contributed by atoms with Crippen LogP contribution in [-0.4, -0.2) is 10.9 Å². The van der Waals surface area contributed by atoms with Gasteiger partial charge in [-0.05, 0) is 64.5 Å². The number of benzene rings is 1. The van der Waals surface area contributed by atoms with Gasteiger partial charge >= 0.3 is 0 Å². The first-order valence-electron chi connectivity index (χ1n) is 7.00. The van der Waals surface area contributed by atoms with E-state index in [1.54, 1.807) is 30.5 Å². The topological polar surface area (TPSA) is 64.4 Å². The lowest BCUT2D eigenvalue weighted by atomic mass is 10.3. The number of carbonyl (C=O) groups is 1. The Morgan fingerprint density at radius 3 is 2.67 bits per heavy atom. The van der Waals surface area contributed by atoms with Crippen molar-refractivity contribution in [2.45, 2.75) is 6.61 Å². The van der Waals surface area contributed by atoms with Gasteiger partial charge in [0.25, 0.3) is 5.91 Å². The molecule has 1 aromatic carbocycles. The predicted octanol–water partition coefficient (Wildman–Crippen LogP) is 4.41. The molecule has 0 atom stereocenters. The Bertz CT molecular complexity index is 832. The normalized spacial score (nSPS) is 10.4. The lowest BCUT2D eigenvalue weighted by Gasteiger charge is -2.04. The molecule has 1 N–H and O–H groups in total. The van der Waals surface area contributed by atoms with Gasteiger partial charge < -0.3 is 14.5 Å². The zero-order valence-corrected chi connectivity index (χ0v) is 13.9. The van der Waals surface area contributed by atoms with Crippen LogP contribution in [0.5, 0.6) is 5.75 Å². The molecule has 2 heterocycles. The van der Waals surface area contributed by atoms with Crippen LogP contribution in [0.25, 0.3) is 0 Å². The monoisotopic (exact) mass is 390 g/mol. The number of nitrogens with zero attached hydrogens (tertiary/aromatic N) is 1. The van der Waals surface area contributed by atoms with Crippen molar-refractivity contribution in [1.82, 2.24) is 4.98 Å². The predicted molar refractivity (Wildman–Crippen MR) is 89.3 cm³/mol. The molecule has 7 heteroatoms. The van der Waals surface area contributed by atoms with Crippen LogP contribution in [-0.2, 0) is 6.61 Å². The average molecular weight is 391 g/mol. The van der Waals surface area contributed by atoms with Gasteiger partial charge in [0.2, 0.25) is 0 Å². The lowest BCUT2D eigenvalue weighted by Crippen LogP contribution is -2.11. The summed E-state index contributed by atoms with van der Waals surface area (Å²) in [5.41, 5.74) is 0. The molecule has 1 amide bonds. The molecule has 0 aliphatic rings. The van der Waals surface area contributed by atoms with E-state index in [0.717, 1.165) is 4.47 Å². The molecule has 0 aliphatic carbocycles. The molecule has 3 rings (SSSR count). The molecule has 0 saturated heterocycles. The van der Waals surface area contributed by atoms with Crippen LogP contribution in [0.2, 0.25) is 0 Å². The van der Waals surface area contributed by atoms with Gasteiger partial charge in [0.1, 0.15) is 29.8 Å². The van der Waals surface area contributed by atoms with Crippen molar-refractivity contribution in [3.8, 4) is 5.75 Å². The molecule has 0 radical (unpaired) electrons. The van der Waals surface area contributed by atoms with E-state index in [9.17, 15) is 9.18 Å². The third-order valence-electron chi connectivity index (χ3n) is 3.05. The number of pyridine rings is 1. The van der Waals surface area contributed by atoms with E-state index in [1.807, 2.05) is 0 Å². The highest BCUT2D eigenvalue weighted by atomic mass is 79.9. The van der Waals surface area contributed by atoms with Gasteiger partial charge in [0.15, 0.2) is 5.76 Å². The van der Waals surface area contributed by atoms with Crippen molar-refractivity contribution in [1.29, 1.82) is 0 Å². The van der Waals surface area contributed by atoms with Crippen molar-refractivity contribution >= 4 is 27.7 Å². The number of furan rings is 1. The number of anilines is 1. The number of ether oxygens (including phenoxy) is 1. The van der Waals surface area contributed by atoms with Crippen molar-refractivity contribution in [2.75, 3.05) is 5.32 Å². The van der Waals surface area contributed by atoms with Crippen molar-refractivity contribution < 1.29 is 18.3 Å². The van der Waals surface area contributed by atoms with E-state index in [2.05, 4.69) is 26.2 Å². The second-order valence-electron chi connectivity index (χ2n) is 4.82. The molecule has 0 unspecified atom stereocenters. The first-order chi connectivity index (χ1) is 11.6. The maximum atomic E-state index is 12.8. The summed E-state index contributed by atoms with van der Waals surface area (Å²) in [6.07, 6.45) is 1.58. The summed E-state index contributed by atoms with van der Waals surface area (Å²) in [5.74, 6) is 0.825. The summed E-state index contributed by atoms with van der Waals surface area (Å²) in [6, 6.07) is 12.3. The fraction of sp³-hybridized carbons (Fsp3) is 0.0588. The zero-order valence-electron chi connectivity index (χ0n) is 12.3. The molecular weight excluding hydrogens is 379 g/mol. The maximum absolute atomic E-state index is 12.8. The number of aromatic nitrogens is 1. The highest BCUT2D eigenvalue weighted by Gasteiger charge is 2.12. The third kappa shape index (κ3) is 4.20. The van der Waals surface area contributed by atoms with Crippen molar-refractivity contribution in [3.63, 3.8) is 0 Å². The Balaban J connectivity index is 1.59. The van der Waals surface area contributed by atoms with Crippen LogP contribution in [0.1, 0.15) is 16.3 Å². The van der Waals surface area contributed by atoms with E-state index in [0.29, 0.717) is 17.3 Å². The molecule has 0 saturated carbocycles. The molecular formula is C17H12BrFN2O3. The molecule has 2 aromatic heterocycles. The van der Waals surface area contributed by atoms with E-state index in [1.165, 1.54) is 24.3 Å². The summed E-state index contributed by atoms with van der Waals surface area (Å²) < 4.78 is 24.5. The van der Waals surface area contributed by atoms with E-state index in [-0.39, 0.29) is 18.2 Å². The number of hydrogen-bond acceptors (Lipinski definition) is 4. The highest BCUT2D eigenvalue weighted by molar-refractivity contribution is 9.10. The summed E-state index contributed by atoms with van der Waals surface area (Å²) in [4.78, 5) is 16.1. The maximum Gasteiger partial charge on any atom is 0.292 e. The Morgan fingerprint density at radius 2 is 1.96 bits per heavy atom. The van der Waals surface area contributed by atoms with Crippen molar-refractivity contribution in [2.24, 2.45) is 0 Å². The number of rotatable bonds is 5. The summed E-state index contributed by atoms with van der Waals surface area (Å²) >= 11 is 3.27. The van der Waals surface area contributed by atoms with Gasteiger partial charge in [-0.25, -0.2) is 9.37 Å². The van der Waals surface area contributed by atoms with Crippen LogP contribution in [0, 0.1) is 5.82 Å². The second kappa shape index (κ2) is 7.27. The summed E-state index contributed by atoms with van der Waals surface area (Å²) in [7, 11) is 0. The smallest absolute Gasteiger partial charge is 0.292 e. The second-order valence-corrected chi connectivity index (χ2v) is 5.74. The van der Waals surface area contributed by atoms with Gasteiger partial charge in [0, 0.05) is 10.7 Å². The van der Waals surface area contributed by atoms with Gasteiger partial charge in [-0.1, -0.05) is 0 Å². The Labute approximate surface area is 145 Å². The first-order valence-corrected chi connectivity index (χ1v) is 7.79. The van der Waals surface area contributed by atoms with E-state index < -0.39 is 5.91 Å². The minimum absolute atomic E-state index is 0.134. The zero-order chi connectivity index (χ0) is 16.9. The molecule has 3 aromatic rings. The quantitative estimate of drug-likeness (QED) is 0.700. The van der Waals surface area contributed by atoms with Gasteiger partial charge in [0.05, 0.1) is 0 Å². The fourth-order valence-electron chi connectivity index (χ4n) is 1.89. The number of amides is 1. The van der Waals surface area contributed by atoms with Gasteiger partial charge in [-0.2, -0.15) is 0 Å². The minimum atomic E-state index is -0.405.